The molecule has 1 unspecified atom stereocenters. The maximum Gasteiger partial charge on any atom is 0.325 e. The number of benzene rings is 1. The molecule has 19 heavy (non-hydrogen) atoms. The molecule has 0 radical (unpaired) electrons. The minimum atomic E-state index is -1.07. The quantitative estimate of drug-likeness (QED) is 0.821. The first kappa shape index (κ1) is 15.0. The van der Waals surface area contributed by atoms with Crippen LogP contribution in [-0.2, 0) is 9.59 Å². The van der Waals surface area contributed by atoms with Crippen molar-refractivity contribution in [3.05, 3.63) is 29.8 Å². The molecule has 1 amide bonds. The summed E-state index contributed by atoms with van der Waals surface area (Å²) >= 11 is 0. The molecule has 0 fully saturated rings. The lowest BCUT2D eigenvalue weighted by molar-refractivity contribution is -0.142. The van der Waals surface area contributed by atoms with Gasteiger partial charge in [-0.25, -0.2) is 0 Å². The molecule has 0 saturated heterocycles. The van der Waals surface area contributed by atoms with Crippen LogP contribution < -0.4 is 10.1 Å². The molecule has 1 rings (SSSR count). The molecular formula is C14H19NO4. The fourth-order valence-electron chi connectivity index (χ4n) is 1.54. The first-order chi connectivity index (χ1) is 8.93. The fraction of sp³-hybridized carbons (Fsp3) is 0.429. The van der Waals surface area contributed by atoms with E-state index in [0.717, 1.165) is 5.56 Å². The van der Waals surface area contributed by atoms with Gasteiger partial charge in [0.05, 0.1) is 0 Å². The number of carbonyl (C=O) groups is 2. The number of hydrogen-bond donors (Lipinski definition) is 2. The second-order valence-electron chi connectivity index (χ2n) is 4.40. The summed E-state index contributed by atoms with van der Waals surface area (Å²) in [4.78, 5) is 22.6. The Kier molecular flexibility index (Phi) is 5.36. The van der Waals surface area contributed by atoms with Gasteiger partial charge in [0.1, 0.15) is 11.8 Å². The highest BCUT2D eigenvalue weighted by atomic mass is 16.5. The van der Waals surface area contributed by atoms with Crippen LogP contribution >= 0.6 is 0 Å². The highest BCUT2D eigenvalue weighted by molar-refractivity contribution is 5.86. The summed E-state index contributed by atoms with van der Waals surface area (Å²) < 4.78 is 5.58. The van der Waals surface area contributed by atoms with Crippen LogP contribution in [0, 0.1) is 6.92 Å². The number of carboxylic acid groups (broad SMARTS) is 1. The highest BCUT2D eigenvalue weighted by Crippen LogP contribution is 2.15. The summed E-state index contributed by atoms with van der Waals surface area (Å²) in [7, 11) is 0. The third-order valence-corrected chi connectivity index (χ3v) is 2.66. The van der Waals surface area contributed by atoms with Crippen molar-refractivity contribution in [3.63, 3.8) is 0 Å². The zero-order valence-corrected chi connectivity index (χ0v) is 11.3. The van der Waals surface area contributed by atoms with Gasteiger partial charge in [-0.2, -0.15) is 0 Å². The van der Waals surface area contributed by atoms with Crippen LogP contribution in [0.2, 0.25) is 0 Å². The van der Waals surface area contributed by atoms with Crippen LogP contribution in [0.25, 0.3) is 0 Å². The number of aryl methyl sites for hydroxylation is 1. The number of ether oxygens (including phenoxy) is 1. The molecule has 0 spiro atoms. The lowest BCUT2D eigenvalue weighted by atomic mass is 10.2. The average Bonchev–Trinajstić information content (AvgIpc) is 2.35. The standard InChI is InChI=1S/C14H19NO4/c1-4-12(13(16)15-10(3)14(17)18)19-11-7-5-6-9(2)8-11/h5-8,10,12H,4H2,1-3H3,(H,15,16)(H,17,18)/t10-,12?/m0/s1. The van der Waals surface area contributed by atoms with E-state index >= 15 is 0 Å². The van der Waals surface area contributed by atoms with Gasteiger partial charge in [-0.15, -0.1) is 0 Å². The van der Waals surface area contributed by atoms with E-state index in [2.05, 4.69) is 5.32 Å². The summed E-state index contributed by atoms with van der Waals surface area (Å²) in [6.07, 6.45) is -0.227. The molecule has 0 heterocycles. The number of aliphatic carboxylic acids is 1. The van der Waals surface area contributed by atoms with Crippen molar-refractivity contribution in [1.82, 2.24) is 5.32 Å². The van der Waals surface area contributed by atoms with Crippen LogP contribution in [0.4, 0.5) is 0 Å². The van der Waals surface area contributed by atoms with E-state index in [1.807, 2.05) is 32.0 Å². The van der Waals surface area contributed by atoms with Crippen LogP contribution in [0.1, 0.15) is 25.8 Å². The van der Waals surface area contributed by atoms with Gasteiger partial charge in [-0.3, -0.25) is 9.59 Å². The Labute approximate surface area is 112 Å². The molecule has 0 aliphatic heterocycles. The van der Waals surface area contributed by atoms with E-state index < -0.39 is 24.0 Å². The van der Waals surface area contributed by atoms with Gasteiger partial charge in [0.15, 0.2) is 6.10 Å². The van der Waals surface area contributed by atoms with Gasteiger partial charge in [-0.1, -0.05) is 19.1 Å². The van der Waals surface area contributed by atoms with Crippen molar-refractivity contribution < 1.29 is 19.4 Å². The number of hydrogen-bond acceptors (Lipinski definition) is 3. The topological polar surface area (TPSA) is 75.6 Å². The van der Waals surface area contributed by atoms with E-state index in [4.69, 9.17) is 9.84 Å². The molecule has 0 aliphatic rings. The number of rotatable bonds is 6. The van der Waals surface area contributed by atoms with E-state index in [0.29, 0.717) is 12.2 Å². The highest BCUT2D eigenvalue weighted by Gasteiger charge is 2.22. The maximum absolute atomic E-state index is 11.9. The predicted molar refractivity (Wildman–Crippen MR) is 71.1 cm³/mol. The van der Waals surface area contributed by atoms with Crippen molar-refractivity contribution in [1.29, 1.82) is 0 Å². The van der Waals surface area contributed by atoms with Gasteiger partial charge in [0.25, 0.3) is 5.91 Å². The first-order valence-electron chi connectivity index (χ1n) is 6.20. The Morgan fingerprint density at radius 3 is 2.63 bits per heavy atom. The third-order valence-electron chi connectivity index (χ3n) is 2.66. The van der Waals surface area contributed by atoms with Crippen LogP contribution in [0.5, 0.6) is 5.75 Å². The van der Waals surface area contributed by atoms with E-state index in [-0.39, 0.29) is 0 Å². The molecule has 5 heteroatoms. The number of nitrogens with one attached hydrogen (secondary N) is 1. The van der Waals surface area contributed by atoms with Crippen molar-refractivity contribution in [2.24, 2.45) is 0 Å². The second kappa shape index (κ2) is 6.78. The van der Waals surface area contributed by atoms with E-state index in [1.165, 1.54) is 6.92 Å². The number of carbonyl (C=O) groups excluding carboxylic acids is 1. The lowest BCUT2D eigenvalue weighted by Crippen LogP contribution is -2.45. The molecule has 5 nitrogen and oxygen atoms in total. The molecule has 0 bridgehead atoms. The Bertz CT molecular complexity index is 459. The van der Waals surface area contributed by atoms with Crippen LogP contribution in [0.3, 0.4) is 0 Å². The van der Waals surface area contributed by atoms with Crippen molar-refractivity contribution in [2.45, 2.75) is 39.3 Å². The Balaban J connectivity index is 2.67. The Hall–Kier alpha value is -2.04. The number of carboxylic acids is 1. The molecule has 1 aromatic rings. The molecule has 2 atom stereocenters. The normalized spacial score (nSPS) is 13.4. The fourth-order valence-corrected chi connectivity index (χ4v) is 1.54. The average molecular weight is 265 g/mol. The summed E-state index contributed by atoms with van der Waals surface area (Å²) in [5, 5.41) is 11.2. The molecule has 2 N–H and O–H groups in total. The van der Waals surface area contributed by atoms with Gasteiger partial charge in [0, 0.05) is 0 Å². The lowest BCUT2D eigenvalue weighted by Gasteiger charge is -2.19. The van der Waals surface area contributed by atoms with Crippen LogP contribution in [0.15, 0.2) is 24.3 Å². The second-order valence-corrected chi connectivity index (χ2v) is 4.40. The summed E-state index contributed by atoms with van der Waals surface area (Å²) in [6.45, 7) is 5.16. The molecule has 104 valence electrons. The smallest absolute Gasteiger partial charge is 0.325 e. The largest absolute Gasteiger partial charge is 0.481 e. The first-order valence-corrected chi connectivity index (χ1v) is 6.20. The van der Waals surface area contributed by atoms with Gasteiger partial charge < -0.3 is 15.2 Å². The zero-order valence-electron chi connectivity index (χ0n) is 11.3. The molecular weight excluding hydrogens is 246 g/mol. The third kappa shape index (κ3) is 4.62. The molecule has 0 aliphatic carbocycles. The number of amides is 1. The zero-order chi connectivity index (χ0) is 14.4. The van der Waals surface area contributed by atoms with E-state index in [1.54, 1.807) is 6.07 Å². The molecule has 0 aromatic heterocycles. The van der Waals surface area contributed by atoms with E-state index in [9.17, 15) is 9.59 Å². The summed E-state index contributed by atoms with van der Waals surface area (Å²) in [6, 6.07) is 6.44. The SMILES string of the molecule is CCC(Oc1cccc(C)c1)C(=O)N[C@@H](C)C(=O)O. The van der Waals surface area contributed by atoms with Crippen molar-refractivity contribution in [2.75, 3.05) is 0 Å². The maximum atomic E-state index is 11.9. The minimum Gasteiger partial charge on any atom is -0.481 e. The van der Waals surface area contributed by atoms with Crippen molar-refractivity contribution in [3.8, 4) is 5.75 Å². The van der Waals surface area contributed by atoms with Gasteiger partial charge in [-0.05, 0) is 38.0 Å². The predicted octanol–water partition coefficient (Wildman–Crippen LogP) is 1.74. The monoisotopic (exact) mass is 265 g/mol. The minimum absolute atomic E-state index is 0.418. The molecule has 0 saturated carbocycles. The van der Waals surface area contributed by atoms with Crippen LogP contribution in [-0.4, -0.2) is 29.1 Å². The summed E-state index contributed by atoms with van der Waals surface area (Å²) in [5.41, 5.74) is 1.03. The Morgan fingerprint density at radius 2 is 2.11 bits per heavy atom. The Morgan fingerprint density at radius 1 is 1.42 bits per heavy atom. The van der Waals surface area contributed by atoms with Gasteiger partial charge in [0.2, 0.25) is 0 Å². The summed E-state index contributed by atoms with van der Waals surface area (Å²) in [5.74, 6) is -0.886. The van der Waals surface area contributed by atoms with Crippen molar-refractivity contribution >= 4 is 11.9 Å². The van der Waals surface area contributed by atoms with Gasteiger partial charge >= 0.3 is 5.97 Å². The molecule has 1 aromatic carbocycles.